The van der Waals surface area contributed by atoms with Gasteiger partial charge in [-0.15, -0.1) is 0 Å². The molecule has 2 nitrogen and oxygen atoms in total. The second-order valence-corrected chi connectivity index (χ2v) is 35.3. The third-order valence-corrected chi connectivity index (χ3v) is 26.4. The van der Waals surface area contributed by atoms with Gasteiger partial charge in [-0.05, 0) is 120 Å². The van der Waals surface area contributed by atoms with Crippen molar-refractivity contribution < 1.29 is 43.9 Å². The van der Waals surface area contributed by atoms with Crippen molar-refractivity contribution >= 4 is 42.7 Å². The van der Waals surface area contributed by atoms with Crippen molar-refractivity contribution in [3.63, 3.8) is 0 Å². The van der Waals surface area contributed by atoms with Crippen LogP contribution in [0.5, 0.6) is 0 Å². The molecular formula is C56H106Fe2O2P4+2. The summed E-state index contributed by atoms with van der Waals surface area (Å²) in [6.07, 6.45) is 22.7. The molecular weight excluding hydrogens is 940 g/mol. The summed E-state index contributed by atoms with van der Waals surface area (Å²) in [6.45, 7) is 32.9. The van der Waals surface area contributed by atoms with Crippen molar-refractivity contribution in [1.82, 2.24) is 0 Å². The van der Waals surface area contributed by atoms with Crippen LogP contribution in [-0.4, -0.2) is 53.0 Å². The fourth-order valence-corrected chi connectivity index (χ4v) is 24.5. The normalized spacial score (nSPS) is 22.5. The predicted octanol–water partition coefficient (Wildman–Crippen LogP) is 17.8. The standard InChI is InChI=1S/C23H32OP2.C19H40OP2.2C5H10.4CH3.2Fe/c1-18(21-16-11-17-22(21)26(24)23(2,3)4)25(19-12-7-5-8-13-19)20-14-9-6-10-15-20;1-14(21(17(2,3)4)18(5,6)7)15-12-11-13-16(15)22(20)19(8,9)10;2*1-2-4-5-3-1;;;;;;/h5-10,12-15,18,21-22,24H,11,16-17H2,1-4H3;14-16,20H,11-13H2,1-10H3;2*1-5H2;4*1H3;;/q;;;;4*-1;2*+2/p+2/t18-,21?,22?,26?;14-,15?,16?,22?;;;;;;;;/m11......../s1. The van der Waals surface area contributed by atoms with E-state index in [2.05, 4.69) is 158 Å². The van der Waals surface area contributed by atoms with Crippen molar-refractivity contribution in [3.05, 3.63) is 90.4 Å². The van der Waals surface area contributed by atoms with Crippen LogP contribution in [0.25, 0.3) is 0 Å². The maximum atomic E-state index is 11.1. The van der Waals surface area contributed by atoms with Crippen molar-refractivity contribution in [2.75, 3.05) is 0 Å². The van der Waals surface area contributed by atoms with Crippen LogP contribution in [-0.2, 0) is 34.1 Å². The summed E-state index contributed by atoms with van der Waals surface area (Å²) in [6, 6.07) is 22.1. The minimum Gasteiger partial charge on any atom is -0.358 e. The summed E-state index contributed by atoms with van der Waals surface area (Å²) in [5.74, 6) is 1.38. The average Bonchev–Trinajstić information content (AvgIpc) is 3.99. The van der Waals surface area contributed by atoms with Crippen LogP contribution in [0.1, 0.15) is 200 Å². The monoisotopic (exact) mass is 1050 g/mol. The third kappa shape index (κ3) is 22.9. The van der Waals surface area contributed by atoms with Gasteiger partial charge in [0.25, 0.3) is 0 Å². The van der Waals surface area contributed by atoms with Gasteiger partial charge in [-0.25, -0.2) is 0 Å². The smallest absolute Gasteiger partial charge is 0.358 e. The van der Waals surface area contributed by atoms with Gasteiger partial charge in [0.2, 0.25) is 0 Å². The molecule has 2 N–H and O–H groups in total. The van der Waals surface area contributed by atoms with Gasteiger partial charge in [0.15, 0.2) is 0 Å². The summed E-state index contributed by atoms with van der Waals surface area (Å²) >= 11 is 0. The minimum atomic E-state index is -1.36. The van der Waals surface area contributed by atoms with Crippen LogP contribution in [0, 0.1) is 41.5 Å². The Bertz CT molecular complexity index is 1320. The summed E-state index contributed by atoms with van der Waals surface area (Å²) in [5, 5.41) is 3.85. The molecule has 6 unspecified atom stereocenters. The average molecular weight is 1050 g/mol. The van der Waals surface area contributed by atoms with Crippen LogP contribution in [0.4, 0.5) is 0 Å². The van der Waals surface area contributed by atoms with E-state index in [0.29, 0.717) is 33.2 Å². The van der Waals surface area contributed by atoms with E-state index in [1.165, 1.54) is 113 Å². The molecule has 0 saturated heterocycles. The van der Waals surface area contributed by atoms with Crippen molar-refractivity contribution in [1.29, 1.82) is 0 Å². The molecule has 0 radical (unpaired) electrons. The quantitative estimate of drug-likeness (QED) is 0.157. The Kier molecular flexibility index (Phi) is 37.7. The SMILES string of the molecule is C1CCCC1.C1CCCC1.C[C@H](C1CCCC1[PH+](O)C(C)(C)C)P(C(C)(C)C)C(C)(C)C.C[C@H](C1CCCC1[PH+](O)C(C)(C)C)P(c1ccccc1)c1ccccc1.[CH3-].[CH3-].[CH3-].[CH3-].[Fe+2].[Fe+2]. The third-order valence-electron chi connectivity index (χ3n) is 13.4. The first-order valence-corrected chi connectivity index (χ1v) is 29.7. The number of benzene rings is 2. The van der Waals surface area contributed by atoms with Crippen LogP contribution < -0.4 is 10.6 Å². The van der Waals surface area contributed by atoms with E-state index in [0.717, 1.165) is 11.6 Å². The van der Waals surface area contributed by atoms with Gasteiger partial charge in [-0.1, -0.05) is 188 Å². The molecule has 2 aromatic carbocycles. The summed E-state index contributed by atoms with van der Waals surface area (Å²) < 4.78 is 0. The van der Waals surface area contributed by atoms with Gasteiger partial charge >= 0.3 is 34.1 Å². The first-order chi connectivity index (χ1) is 27.1. The van der Waals surface area contributed by atoms with Crippen LogP contribution in [0.3, 0.4) is 0 Å². The zero-order chi connectivity index (χ0) is 43.3. The molecule has 8 heteroatoms. The topological polar surface area (TPSA) is 40.5 Å². The van der Waals surface area contributed by atoms with E-state index in [1.807, 2.05) is 0 Å². The molecule has 376 valence electrons. The summed E-state index contributed by atoms with van der Waals surface area (Å²) in [7, 11) is -3.15. The molecule has 4 fully saturated rings. The molecule has 4 aliphatic rings. The molecule has 2 aromatic rings. The Hall–Kier alpha value is 1.12. The first kappa shape index (κ1) is 71.7. The van der Waals surface area contributed by atoms with Gasteiger partial charge in [-0.3, -0.25) is 9.79 Å². The fraction of sp³-hybridized carbons (Fsp3) is 0.714. The molecule has 0 aromatic heterocycles. The molecule has 0 amide bonds. The molecule has 4 aliphatic carbocycles. The summed E-state index contributed by atoms with van der Waals surface area (Å²) in [5.41, 5.74) is 2.45. The second-order valence-electron chi connectivity index (χ2n) is 22.4. The largest absolute Gasteiger partial charge is 2.00 e. The van der Waals surface area contributed by atoms with Gasteiger partial charge in [-0.2, -0.15) is 0 Å². The number of rotatable bonds is 8. The van der Waals surface area contributed by atoms with Gasteiger partial charge in [0.05, 0.1) is 21.6 Å². The molecule has 0 bridgehead atoms. The van der Waals surface area contributed by atoms with E-state index >= 15 is 0 Å². The van der Waals surface area contributed by atoms with Crippen LogP contribution >= 0.6 is 32.1 Å². The van der Waals surface area contributed by atoms with Crippen molar-refractivity contribution in [3.8, 4) is 0 Å². The zero-order valence-corrected chi connectivity index (χ0v) is 51.0. The second kappa shape index (κ2) is 33.7. The van der Waals surface area contributed by atoms with E-state index in [9.17, 15) is 9.79 Å². The summed E-state index contributed by atoms with van der Waals surface area (Å²) in [4.78, 5) is 22.1. The Morgan fingerprint density at radius 3 is 0.953 bits per heavy atom. The molecule has 4 saturated carbocycles. The van der Waals surface area contributed by atoms with Gasteiger partial charge < -0.3 is 29.7 Å². The van der Waals surface area contributed by atoms with Crippen molar-refractivity contribution in [2.45, 2.75) is 243 Å². The molecule has 0 spiro atoms. The maximum Gasteiger partial charge on any atom is 2.00 e. The fourth-order valence-electron chi connectivity index (χ4n) is 11.1. The van der Waals surface area contributed by atoms with Gasteiger partial charge in [0, 0.05) is 11.8 Å². The molecule has 8 atom stereocenters. The Labute approximate surface area is 429 Å². The van der Waals surface area contributed by atoms with E-state index in [4.69, 9.17) is 0 Å². The van der Waals surface area contributed by atoms with E-state index in [-0.39, 0.29) is 82.1 Å². The molecule has 6 rings (SSSR count). The van der Waals surface area contributed by atoms with Crippen LogP contribution in [0.15, 0.2) is 60.7 Å². The molecule has 64 heavy (non-hydrogen) atoms. The predicted molar refractivity (Wildman–Crippen MR) is 299 cm³/mol. The maximum absolute atomic E-state index is 11.1. The zero-order valence-electron chi connectivity index (χ0n) is 45.0. The Balaban J connectivity index is -0.000000429. The van der Waals surface area contributed by atoms with Gasteiger partial charge in [0.1, 0.15) is 16.3 Å². The van der Waals surface area contributed by atoms with Crippen molar-refractivity contribution in [2.24, 2.45) is 11.8 Å². The van der Waals surface area contributed by atoms with E-state index < -0.39 is 24.2 Å². The Morgan fingerprint density at radius 2 is 0.703 bits per heavy atom. The molecule has 0 heterocycles. The minimum absolute atomic E-state index is 0. The Morgan fingerprint density at radius 1 is 0.438 bits per heavy atom. The first-order valence-electron chi connectivity index (χ1n) is 23.9. The number of hydrogen-bond donors (Lipinski definition) is 2. The van der Waals surface area contributed by atoms with E-state index in [1.54, 1.807) is 0 Å². The number of hydrogen-bond acceptors (Lipinski definition) is 2. The molecule has 0 aliphatic heterocycles. The van der Waals surface area contributed by atoms with Crippen LogP contribution in [0.2, 0.25) is 0 Å².